The lowest BCUT2D eigenvalue weighted by atomic mass is 10.0. The Morgan fingerprint density at radius 2 is 2.18 bits per heavy atom. The van der Waals surface area contributed by atoms with Gasteiger partial charge in [0.2, 0.25) is 0 Å². The van der Waals surface area contributed by atoms with Crippen LogP contribution in [0.25, 0.3) is 0 Å². The predicted molar refractivity (Wildman–Crippen MR) is 60.5 cm³/mol. The van der Waals surface area contributed by atoms with E-state index in [2.05, 4.69) is 10.3 Å². The highest BCUT2D eigenvalue weighted by Crippen LogP contribution is 2.23. The Balaban J connectivity index is 2.56. The fourth-order valence-corrected chi connectivity index (χ4v) is 1.56. The van der Waals surface area contributed by atoms with Gasteiger partial charge in [0, 0.05) is 30.5 Å². The van der Waals surface area contributed by atoms with Crippen molar-refractivity contribution < 1.29 is 13.2 Å². The van der Waals surface area contributed by atoms with Gasteiger partial charge in [0.05, 0.1) is 0 Å². The van der Waals surface area contributed by atoms with Gasteiger partial charge in [-0.1, -0.05) is 0 Å². The smallest absolute Gasteiger partial charge is 0.389 e. The molecule has 0 aromatic carbocycles. The maximum atomic E-state index is 12.1. The van der Waals surface area contributed by atoms with E-state index in [1.807, 2.05) is 0 Å². The summed E-state index contributed by atoms with van der Waals surface area (Å²) in [5.41, 5.74) is 7.05. The third-order valence-electron chi connectivity index (χ3n) is 2.59. The number of rotatable bonds is 5. The van der Waals surface area contributed by atoms with E-state index in [9.17, 15) is 13.2 Å². The molecule has 1 unspecified atom stereocenters. The van der Waals surface area contributed by atoms with Crippen LogP contribution in [0.3, 0.4) is 0 Å². The van der Waals surface area contributed by atoms with Crippen molar-refractivity contribution in [3.63, 3.8) is 0 Å². The molecule has 0 amide bonds. The lowest BCUT2D eigenvalue weighted by molar-refractivity contribution is -0.136. The lowest BCUT2D eigenvalue weighted by Gasteiger charge is -2.17. The normalized spacial score (nSPS) is 13.6. The van der Waals surface area contributed by atoms with Crippen molar-refractivity contribution in [3.8, 4) is 0 Å². The van der Waals surface area contributed by atoms with Gasteiger partial charge < -0.3 is 11.1 Å². The van der Waals surface area contributed by atoms with Crippen LogP contribution in [0.5, 0.6) is 0 Å². The van der Waals surface area contributed by atoms with Gasteiger partial charge in [-0.3, -0.25) is 4.98 Å². The van der Waals surface area contributed by atoms with Crippen molar-refractivity contribution in [1.82, 2.24) is 10.3 Å². The van der Waals surface area contributed by atoms with Gasteiger partial charge in [0.25, 0.3) is 0 Å². The standard InChI is InChI=1S/C11H16F3N3/c1-16-9(2-4-11(12,13)14)6-8-7-17-5-3-10(8)15/h3,5,7,9,16H,2,4,6H2,1H3,(H2,15,17). The van der Waals surface area contributed by atoms with Gasteiger partial charge in [-0.25, -0.2) is 0 Å². The van der Waals surface area contributed by atoms with Crippen LogP contribution in [-0.2, 0) is 6.42 Å². The van der Waals surface area contributed by atoms with E-state index < -0.39 is 12.6 Å². The maximum absolute atomic E-state index is 12.1. The number of alkyl halides is 3. The number of aromatic nitrogens is 1. The second-order valence-corrected chi connectivity index (χ2v) is 3.92. The van der Waals surface area contributed by atoms with Crippen LogP contribution >= 0.6 is 0 Å². The van der Waals surface area contributed by atoms with Crippen LogP contribution in [0.4, 0.5) is 18.9 Å². The molecule has 0 spiro atoms. The third-order valence-corrected chi connectivity index (χ3v) is 2.59. The first-order chi connectivity index (χ1) is 7.92. The second-order valence-electron chi connectivity index (χ2n) is 3.92. The van der Waals surface area contributed by atoms with Crippen molar-refractivity contribution in [2.75, 3.05) is 12.8 Å². The zero-order chi connectivity index (χ0) is 12.9. The molecule has 1 heterocycles. The number of pyridine rings is 1. The summed E-state index contributed by atoms with van der Waals surface area (Å²) >= 11 is 0. The lowest BCUT2D eigenvalue weighted by Crippen LogP contribution is -2.29. The molecule has 3 N–H and O–H groups in total. The molecule has 1 atom stereocenters. The minimum Gasteiger partial charge on any atom is -0.398 e. The number of nitrogens with one attached hydrogen (secondary N) is 1. The number of anilines is 1. The molecule has 3 nitrogen and oxygen atoms in total. The van der Waals surface area contributed by atoms with Crippen LogP contribution in [0, 0.1) is 0 Å². The van der Waals surface area contributed by atoms with Crippen LogP contribution < -0.4 is 11.1 Å². The van der Waals surface area contributed by atoms with E-state index >= 15 is 0 Å². The maximum Gasteiger partial charge on any atom is 0.389 e. The van der Waals surface area contributed by atoms with Crippen LogP contribution in [-0.4, -0.2) is 24.2 Å². The Kier molecular flexibility index (Phi) is 4.74. The first kappa shape index (κ1) is 13.8. The Bertz CT molecular complexity index is 352. The fraction of sp³-hybridized carbons (Fsp3) is 0.545. The zero-order valence-electron chi connectivity index (χ0n) is 9.59. The van der Waals surface area contributed by atoms with Gasteiger partial charge in [-0.05, 0) is 31.5 Å². The van der Waals surface area contributed by atoms with Gasteiger partial charge in [-0.2, -0.15) is 13.2 Å². The van der Waals surface area contributed by atoms with E-state index in [-0.39, 0.29) is 12.5 Å². The largest absolute Gasteiger partial charge is 0.398 e. The number of hydrogen-bond acceptors (Lipinski definition) is 3. The SMILES string of the molecule is CNC(CCC(F)(F)F)Cc1cnccc1N. The molecule has 0 saturated heterocycles. The molecular weight excluding hydrogens is 231 g/mol. The van der Waals surface area contributed by atoms with Gasteiger partial charge in [-0.15, -0.1) is 0 Å². The van der Waals surface area contributed by atoms with Gasteiger partial charge in [0.15, 0.2) is 0 Å². The Morgan fingerprint density at radius 3 is 2.71 bits per heavy atom. The minimum atomic E-state index is -4.12. The Hall–Kier alpha value is -1.30. The molecule has 0 aliphatic heterocycles. The second kappa shape index (κ2) is 5.86. The molecule has 0 aliphatic carbocycles. The van der Waals surface area contributed by atoms with Crippen LogP contribution in [0.2, 0.25) is 0 Å². The number of hydrogen-bond donors (Lipinski definition) is 2. The first-order valence-electron chi connectivity index (χ1n) is 5.34. The summed E-state index contributed by atoms with van der Waals surface area (Å²) in [6, 6.07) is 1.40. The molecule has 1 aromatic heterocycles. The molecular formula is C11H16F3N3. The van der Waals surface area contributed by atoms with Crippen molar-refractivity contribution >= 4 is 5.69 Å². The summed E-state index contributed by atoms with van der Waals surface area (Å²) in [7, 11) is 1.65. The summed E-state index contributed by atoms with van der Waals surface area (Å²) in [4.78, 5) is 3.91. The van der Waals surface area contributed by atoms with E-state index in [1.54, 1.807) is 25.5 Å². The molecule has 0 bridgehead atoms. The van der Waals surface area contributed by atoms with Crippen molar-refractivity contribution in [2.45, 2.75) is 31.5 Å². The number of nitrogen functional groups attached to an aromatic ring is 1. The first-order valence-corrected chi connectivity index (χ1v) is 5.34. The monoisotopic (exact) mass is 247 g/mol. The molecule has 0 radical (unpaired) electrons. The molecule has 1 rings (SSSR count). The molecule has 1 aromatic rings. The molecule has 0 fully saturated rings. The molecule has 0 aliphatic rings. The Labute approximate surface area is 98.2 Å². The van der Waals surface area contributed by atoms with Gasteiger partial charge >= 0.3 is 6.18 Å². The summed E-state index contributed by atoms with van der Waals surface area (Å²) in [5.74, 6) is 0. The third kappa shape index (κ3) is 5.04. The summed E-state index contributed by atoms with van der Waals surface area (Å²) in [6.07, 6.45) is -1.27. The molecule has 0 saturated carbocycles. The highest BCUT2D eigenvalue weighted by Gasteiger charge is 2.28. The van der Waals surface area contributed by atoms with Crippen molar-refractivity contribution in [3.05, 3.63) is 24.0 Å². The summed E-state index contributed by atoms with van der Waals surface area (Å²) < 4.78 is 36.3. The molecule has 17 heavy (non-hydrogen) atoms. The van der Waals surface area contributed by atoms with Gasteiger partial charge in [0.1, 0.15) is 0 Å². The Morgan fingerprint density at radius 1 is 1.47 bits per heavy atom. The number of nitrogens with zero attached hydrogens (tertiary/aromatic N) is 1. The van der Waals surface area contributed by atoms with Crippen LogP contribution in [0.1, 0.15) is 18.4 Å². The predicted octanol–water partition coefficient (Wildman–Crippen LogP) is 2.14. The zero-order valence-corrected chi connectivity index (χ0v) is 9.59. The van der Waals surface area contributed by atoms with E-state index in [0.717, 1.165) is 5.56 Å². The van der Waals surface area contributed by atoms with Crippen molar-refractivity contribution in [1.29, 1.82) is 0 Å². The number of halogens is 3. The fourth-order valence-electron chi connectivity index (χ4n) is 1.56. The highest BCUT2D eigenvalue weighted by atomic mass is 19.4. The average Bonchev–Trinajstić information content (AvgIpc) is 2.25. The van der Waals surface area contributed by atoms with Crippen LogP contribution in [0.15, 0.2) is 18.5 Å². The highest BCUT2D eigenvalue weighted by molar-refractivity contribution is 5.44. The molecule has 6 heteroatoms. The topological polar surface area (TPSA) is 50.9 Å². The van der Waals surface area contributed by atoms with Crippen molar-refractivity contribution in [2.24, 2.45) is 0 Å². The average molecular weight is 247 g/mol. The number of nitrogens with two attached hydrogens (primary N) is 1. The molecule has 96 valence electrons. The minimum absolute atomic E-state index is 0.0360. The van der Waals surface area contributed by atoms with E-state index in [0.29, 0.717) is 12.1 Å². The van der Waals surface area contributed by atoms with E-state index in [1.165, 1.54) is 0 Å². The van der Waals surface area contributed by atoms with E-state index in [4.69, 9.17) is 5.73 Å². The number of likely N-dealkylation sites (N-methyl/N-ethyl adjacent to an activating group) is 1. The quantitative estimate of drug-likeness (QED) is 0.838. The summed E-state index contributed by atoms with van der Waals surface area (Å²) in [6.45, 7) is 0. The summed E-state index contributed by atoms with van der Waals surface area (Å²) in [5, 5.41) is 2.87.